The van der Waals surface area contributed by atoms with Gasteiger partial charge in [-0.3, -0.25) is 10.2 Å². The van der Waals surface area contributed by atoms with Crippen LogP contribution in [0.3, 0.4) is 0 Å². The van der Waals surface area contributed by atoms with Gasteiger partial charge in [-0.15, -0.1) is 0 Å². The number of likely N-dealkylation sites (tertiary alicyclic amines) is 1. The number of carbonyl (C=O) groups excluding carboxylic acids is 1. The molecule has 2 unspecified atom stereocenters. The number of nitriles is 1. The van der Waals surface area contributed by atoms with Crippen molar-refractivity contribution in [1.29, 1.82) is 5.26 Å². The van der Waals surface area contributed by atoms with Crippen molar-refractivity contribution in [3.8, 4) is 11.8 Å². The Labute approximate surface area is 163 Å². The number of hydrogen-bond acceptors (Lipinski definition) is 6. The lowest BCUT2D eigenvalue weighted by atomic mass is 9.97. The lowest BCUT2D eigenvalue weighted by Crippen LogP contribution is -2.51. The molecule has 28 heavy (non-hydrogen) atoms. The van der Waals surface area contributed by atoms with E-state index in [4.69, 9.17) is 15.1 Å². The summed E-state index contributed by atoms with van der Waals surface area (Å²) in [5.41, 5.74) is 8.54. The molecule has 3 N–H and O–H groups in total. The highest BCUT2D eigenvalue weighted by atomic mass is 16.5. The Morgan fingerprint density at radius 2 is 2.04 bits per heavy atom. The van der Waals surface area contributed by atoms with Gasteiger partial charge in [-0.1, -0.05) is 12.1 Å². The lowest BCUT2D eigenvalue weighted by Gasteiger charge is -2.38. The third-order valence-electron chi connectivity index (χ3n) is 5.20. The Morgan fingerprint density at radius 3 is 2.75 bits per heavy atom. The van der Waals surface area contributed by atoms with E-state index in [1.807, 2.05) is 24.3 Å². The maximum absolute atomic E-state index is 12.6. The van der Waals surface area contributed by atoms with Gasteiger partial charge in [0, 0.05) is 37.7 Å². The minimum atomic E-state index is -0.152. The number of ether oxygens (including phenoxy) is 1. The lowest BCUT2D eigenvalue weighted by molar-refractivity contribution is 0.0362. The number of aliphatic hydroxyl groups is 1. The van der Waals surface area contributed by atoms with Crippen molar-refractivity contribution in [2.45, 2.75) is 12.1 Å². The Hall–Kier alpha value is -2.92. The first-order valence-corrected chi connectivity index (χ1v) is 9.33. The highest BCUT2D eigenvalue weighted by Crippen LogP contribution is 2.26. The number of nitrogens with one attached hydrogen (secondary N) is 2. The molecule has 0 bridgehead atoms. The third kappa shape index (κ3) is 3.71. The largest absolute Gasteiger partial charge is 0.487 e. The second-order valence-electron chi connectivity index (χ2n) is 7.18. The number of aliphatic hydroxyl groups excluding tert-OH is 1. The molecule has 2 aliphatic heterocycles. The minimum absolute atomic E-state index is 0.0120. The summed E-state index contributed by atoms with van der Waals surface area (Å²) in [6.45, 7) is 1.95. The number of amides is 1. The van der Waals surface area contributed by atoms with Crippen LogP contribution in [0.25, 0.3) is 0 Å². The Bertz CT molecular complexity index is 887. The van der Waals surface area contributed by atoms with E-state index in [2.05, 4.69) is 16.9 Å². The summed E-state index contributed by atoms with van der Waals surface area (Å²) in [6.07, 6.45) is -0.152. The van der Waals surface area contributed by atoms with Crippen molar-refractivity contribution in [2.24, 2.45) is 5.92 Å². The molecule has 144 valence electrons. The SMILES string of the molecule is N#Cc1ccc(OC2CNNC2c2cccc(C(=O)N3CC(CO)C3)c2)cc1. The quantitative estimate of drug-likeness (QED) is 0.724. The Morgan fingerprint density at radius 1 is 1.25 bits per heavy atom. The molecule has 0 spiro atoms. The van der Waals surface area contributed by atoms with Gasteiger partial charge in [0.1, 0.15) is 11.9 Å². The van der Waals surface area contributed by atoms with Crippen LogP contribution in [0.1, 0.15) is 27.5 Å². The molecular weight excluding hydrogens is 356 g/mol. The van der Waals surface area contributed by atoms with Crippen LogP contribution < -0.4 is 15.6 Å². The average molecular weight is 378 g/mol. The first-order valence-electron chi connectivity index (χ1n) is 9.33. The molecule has 0 radical (unpaired) electrons. The summed E-state index contributed by atoms with van der Waals surface area (Å²) in [5, 5.41) is 18.1. The zero-order valence-corrected chi connectivity index (χ0v) is 15.3. The summed E-state index contributed by atoms with van der Waals surface area (Å²) in [4.78, 5) is 14.4. The van der Waals surface area contributed by atoms with Gasteiger partial charge < -0.3 is 14.7 Å². The molecule has 7 nitrogen and oxygen atoms in total. The molecule has 0 aromatic heterocycles. The van der Waals surface area contributed by atoms with Crippen LogP contribution in [0, 0.1) is 17.2 Å². The first-order chi connectivity index (χ1) is 13.7. The second-order valence-corrected chi connectivity index (χ2v) is 7.18. The standard InChI is InChI=1S/C21H22N4O3/c22-9-14-4-6-18(7-5-14)28-19-10-23-24-20(19)16-2-1-3-17(8-16)21(27)25-11-15(12-25)13-26/h1-8,15,19-20,23-24,26H,10-13H2. The minimum Gasteiger partial charge on any atom is -0.487 e. The highest BCUT2D eigenvalue weighted by Gasteiger charge is 2.33. The zero-order chi connectivity index (χ0) is 19.5. The fraction of sp³-hybridized carbons (Fsp3) is 0.333. The topological polar surface area (TPSA) is 97.6 Å². The van der Waals surface area contributed by atoms with E-state index in [1.165, 1.54) is 0 Å². The number of rotatable bonds is 5. The molecule has 0 saturated carbocycles. The molecule has 2 fully saturated rings. The fourth-order valence-electron chi connectivity index (χ4n) is 3.57. The van der Waals surface area contributed by atoms with Gasteiger partial charge in [0.2, 0.25) is 0 Å². The van der Waals surface area contributed by atoms with E-state index in [0.717, 1.165) is 5.56 Å². The first kappa shape index (κ1) is 18.4. The van der Waals surface area contributed by atoms with E-state index < -0.39 is 0 Å². The van der Waals surface area contributed by atoms with Crippen molar-refractivity contribution in [3.05, 3.63) is 65.2 Å². The predicted octanol–water partition coefficient (Wildman–Crippen LogP) is 1.22. The summed E-state index contributed by atoms with van der Waals surface area (Å²) in [5.74, 6) is 0.877. The maximum Gasteiger partial charge on any atom is 0.253 e. The highest BCUT2D eigenvalue weighted by molar-refractivity contribution is 5.95. The molecule has 2 aromatic rings. The monoisotopic (exact) mass is 378 g/mol. The van der Waals surface area contributed by atoms with Crippen molar-refractivity contribution in [1.82, 2.24) is 15.8 Å². The molecule has 7 heteroatoms. The summed E-state index contributed by atoms with van der Waals surface area (Å²) >= 11 is 0. The molecule has 2 heterocycles. The summed E-state index contributed by atoms with van der Waals surface area (Å²) < 4.78 is 6.09. The predicted molar refractivity (Wildman–Crippen MR) is 102 cm³/mol. The van der Waals surface area contributed by atoms with Crippen molar-refractivity contribution in [3.63, 3.8) is 0 Å². The second kappa shape index (κ2) is 7.98. The molecule has 1 amide bonds. The molecule has 2 aromatic carbocycles. The van der Waals surface area contributed by atoms with Crippen LogP contribution in [0.2, 0.25) is 0 Å². The van der Waals surface area contributed by atoms with Gasteiger partial charge in [-0.05, 0) is 42.0 Å². The average Bonchev–Trinajstić information content (AvgIpc) is 3.16. The van der Waals surface area contributed by atoms with Crippen LogP contribution in [0.5, 0.6) is 5.75 Å². The number of carbonyl (C=O) groups is 1. The van der Waals surface area contributed by atoms with E-state index in [-0.39, 0.29) is 30.6 Å². The van der Waals surface area contributed by atoms with Crippen molar-refractivity contribution < 1.29 is 14.6 Å². The van der Waals surface area contributed by atoms with Crippen LogP contribution in [-0.4, -0.2) is 48.3 Å². The van der Waals surface area contributed by atoms with E-state index in [0.29, 0.717) is 36.5 Å². The Balaban J connectivity index is 1.46. The third-order valence-corrected chi connectivity index (χ3v) is 5.20. The van der Waals surface area contributed by atoms with Gasteiger partial charge >= 0.3 is 0 Å². The normalized spacial score (nSPS) is 21.8. The molecule has 2 aliphatic rings. The molecular formula is C21H22N4O3. The van der Waals surface area contributed by atoms with E-state index >= 15 is 0 Å². The van der Waals surface area contributed by atoms with Gasteiger partial charge in [-0.25, -0.2) is 5.43 Å². The van der Waals surface area contributed by atoms with Crippen LogP contribution in [-0.2, 0) is 0 Å². The smallest absolute Gasteiger partial charge is 0.253 e. The van der Waals surface area contributed by atoms with Crippen molar-refractivity contribution in [2.75, 3.05) is 26.2 Å². The fourth-order valence-corrected chi connectivity index (χ4v) is 3.57. The summed E-state index contributed by atoms with van der Waals surface area (Å²) in [7, 11) is 0. The van der Waals surface area contributed by atoms with Gasteiger partial charge in [0.05, 0.1) is 17.7 Å². The molecule has 2 atom stereocenters. The molecule has 0 aliphatic carbocycles. The molecule has 2 saturated heterocycles. The number of hydrogen-bond donors (Lipinski definition) is 3. The van der Waals surface area contributed by atoms with Gasteiger partial charge in [0.25, 0.3) is 5.91 Å². The van der Waals surface area contributed by atoms with E-state index in [9.17, 15) is 4.79 Å². The summed E-state index contributed by atoms with van der Waals surface area (Å²) in [6, 6.07) is 16.6. The number of hydrazine groups is 1. The zero-order valence-electron chi connectivity index (χ0n) is 15.3. The van der Waals surface area contributed by atoms with Gasteiger partial charge in [0.15, 0.2) is 0 Å². The maximum atomic E-state index is 12.6. The van der Waals surface area contributed by atoms with Crippen LogP contribution in [0.4, 0.5) is 0 Å². The number of nitrogens with zero attached hydrogens (tertiary/aromatic N) is 2. The van der Waals surface area contributed by atoms with Gasteiger partial charge in [-0.2, -0.15) is 5.26 Å². The Kier molecular flexibility index (Phi) is 5.26. The van der Waals surface area contributed by atoms with E-state index in [1.54, 1.807) is 29.2 Å². The van der Waals surface area contributed by atoms with Crippen LogP contribution in [0.15, 0.2) is 48.5 Å². The van der Waals surface area contributed by atoms with Crippen LogP contribution >= 0.6 is 0 Å². The number of benzene rings is 2. The van der Waals surface area contributed by atoms with Crippen molar-refractivity contribution >= 4 is 5.91 Å². The molecule has 4 rings (SSSR count).